The molecule has 1 fully saturated rings. The molecule has 1 aliphatic carbocycles. The Balaban J connectivity index is 1.80. The van der Waals surface area contributed by atoms with Crippen molar-refractivity contribution in [2.24, 2.45) is 0 Å². The lowest BCUT2D eigenvalue weighted by Crippen LogP contribution is -2.15. The van der Waals surface area contributed by atoms with Crippen LogP contribution in [0, 0.1) is 13.8 Å². The van der Waals surface area contributed by atoms with E-state index in [1.165, 1.54) is 39.3 Å². The van der Waals surface area contributed by atoms with Gasteiger partial charge in [-0.3, -0.25) is 0 Å². The summed E-state index contributed by atoms with van der Waals surface area (Å²) in [4.78, 5) is 2.73. The van der Waals surface area contributed by atoms with Crippen molar-refractivity contribution in [1.29, 1.82) is 0 Å². The fourth-order valence-corrected chi connectivity index (χ4v) is 3.36. The van der Waals surface area contributed by atoms with Gasteiger partial charge in [0.05, 0.1) is 0 Å². The molecule has 0 bridgehead atoms. The number of nitrogens with one attached hydrogen (secondary N) is 1. The first-order chi connectivity index (χ1) is 9.72. The van der Waals surface area contributed by atoms with Crippen molar-refractivity contribution in [2.45, 2.75) is 49.1 Å². The van der Waals surface area contributed by atoms with Gasteiger partial charge in [0.2, 0.25) is 0 Å². The van der Waals surface area contributed by atoms with Gasteiger partial charge in [-0.25, -0.2) is 0 Å². The lowest BCUT2D eigenvalue weighted by atomic mass is 10.2. The zero-order valence-electron chi connectivity index (χ0n) is 12.1. The first-order valence-corrected chi connectivity index (χ1v) is 8.10. The second kappa shape index (κ2) is 6.02. The average Bonchev–Trinajstić information content (AvgIpc) is 3.26. The molecule has 3 rings (SSSR count). The van der Waals surface area contributed by atoms with Gasteiger partial charge in [0.15, 0.2) is 0 Å². The molecule has 0 aliphatic heterocycles. The van der Waals surface area contributed by atoms with Crippen LogP contribution in [0.5, 0.6) is 0 Å². The normalized spacial score (nSPS) is 14.5. The summed E-state index contributed by atoms with van der Waals surface area (Å²) in [6, 6.07) is 16.2. The highest BCUT2D eigenvalue weighted by atomic mass is 32.2. The Morgan fingerprint density at radius 1 is 1.05 bits per heavy atom. The first-order valence-electron chi connectivity index (χ1n) is 7.29. The van der Waals surface area contributed by atoms with E-state index < -0.39 is 0 Å². The minimum absolute atomic E-state index is 0.758. The van der Waals surface area contributed by atoms with Crippen LogP contribution in [0.2, 0.25) is 0 Å². The van der Waals surface area contributed by atoms with E-state index >= 15 is 0 Å². The summed E-state index contributed by atoms with van der Waals surface area (Å²) in [6.45, 7) is 5.33. The Hall–Kier alpha value is -1.25. The highest BCUT2D eigenvalue weighted by Gasteiger charge is 2.20. The van der Waals surface area contributed by atoms with Gasteiger partial charge in [-0.2, -0.15) is 0 Å². The highest BCUT2D eigenvalue weighted by molar-refractivity contribution is 7.99. The fourth-order valence-electron chi connectivity index (χ4n) is 2.23. The molecule has 1 nitrogen and oxygen atoms in total. The van der Waals surface area contributed by atoms with E-state index in [9.17, 15) is 0 Å². The fraction of sp³-hybridized carbons (Fsp3) is 0.333. The van der Waals surface area contributed by atoms with Crippen LogP contribution >= 0.6 is 11.8 Å². The summed E-state index contributed by atoms with van der Waals surface area (Å²) in [5, 5.41) is 3.61. The van der Waals surface area contributed by atoms with E-state index in [0.717, 1.165) is 12.6 Å². The van der Waals surface area contributed by atoms with E-state index in [1.807, 2.05) is 11.8 Å². The molecule has 0 amide bonds. The zero-order valence-corrected chi connectivity index (χ0v) is 13.0. The summed E-state index contributed by atoms with van der Waals surface area (Å²) >= 11 is 1.89. The monoisotopic (exact) mass is 283 g/mol. The lowest BCUT2D eigenvalue weighted by molar-refractivity contribution is 0.680. The summed E-state index contributed by atoms with van der Waals surface area (Å²) in [6.07, 6.45) is 2.68. The molecule has 2 heteroatoms. The number of hydrogen-bond acceptors (Lipinski definition) is 2. The van der Waals surface area contributed by atoms with Crippen molar-refractivity contribution < 1.29 is 0 Å². The van der Waals surface area contributed by atoms with Crippen LogP contribution in [0.15, 0.2) is 52.3 Å². The Morgan fingerprint density at radius 3 is 2.65 bits per heavy atom. The molecule has 2 aromatic rings. The number of aryl methyl sites for hydroxylation is 2. The van der Waals surface area contributed by atoms with Crippen molar-refractivity contribution in [2.75, 3.05) is 0 Å². The quantitative estimate of drug-likeness (QED) is 0.853. The van der Waals surface area contributed by atoms with Crippen LogP contribution in [-0.2, 0) is 6.54 Å². The Kier molecular flexibility index (Phi) is 4.13. The molecule has 0 heterocycles. The maximum Gasteiger partial charge on any atom is 0.0219 e. The molecule has 2 aromatic carbocycles. The van der Waals surface area contributed by atoms with Crippen LogP contribution in [0.4, 0.5) is 0 Å². The van der Waals surface area contributed by atoms with Crippen molar-refractivity contribution in [3.05, 3.63) is 59.2 Å². The van der Waals surface area contributed by atoms with Crippen molar-refractivity contribution in [1.82, 2.24) is 5.32 Å². The van der Waals surface area contributed by atoms with Gasteiger partial charge in [0.1, 0.15) is 0 Å². The standard InChI is InChI=1S/C18H21NS/c1-13-7-8-14(2)18(11-13)20-17-6-4-3-5-15(17)12-19-16-9-10-16/h3-8,11,16,19H,9-10,12H2,1-2H3. The third kappa shape index (κ3) is 3.44. The Morgan fingerprint density at radius 2 is 1.85 bits per heavy atom. The molecule has 1 N–H and O–H groups in total. The third-order valence-corrected chi connectivity index (χ3v) is 4.97. The molecule has 104 valence electrons. The van der Waals surface area contributed by atoms with Gasteiger partial charge in [0, 0.05) is 22.4 Å². The maximum atomic E-state index is 3.61. The van der Waals surface area contributed by atoms with Crippen LogP contribution in [-0.4, -0.2) is 6.04 Å². The zero-order chi connectivity index (χ0) is 13.9. The van der Waals surface area contributed by atoms with Gasteiger partial charge in [-0.05, 0) is 55.5 Å². The predicted octanol–water partition coefficient (Wildman–Crippen LogP) is 4.71. The molecule has 0 unspecified atom stereocenters. The number of benzene rings is 2. The van der Waals surface area contributed by atoms with Gasteiger partial charge in [-0.1, -0.05) is 42.1 Å². The maximum absolute atomic E-state index is 3.61. The van der Waals surface area contributed by atoms with Crippen LogP contribution < -0.4 is 5.32 Å². The summed E-state index contributed by atoms with van der Waals surface area (Å²) in [5.41, 5.74) is 4.09. The second-order valence-corrected chi connectivity index (χ2v) is 6.72. The molecule has 1 aliphatic rings. The van der Waals surface area contributed by atoms with Crippen molar-refractivity contribution in [3.8, 4) is 0 Å². The van der Waals surface area contributed by atoms with Crippen LogP contribution in [0.25, 0.3) is 0 Å². The van der Waals surface area contributed by atoms with E-state index in [2.05, 4.69) is 61.6 Å². The minimum Gasteiger partial charge on any atom is -0.310 e. The molecule has 0 saturated heterocycles. The molecule has 20 heavy (non-hydrogen) atoms. The Bertz CT molecular complexity index is 602. The molecular weight excluding hydrogens is 262 g/mol. The molecule has 1 saturated carbocycles. The second-order valence-electron chi connectivity index (χ2n) is 5.63. The molecule has 0 aromatic heterocycles. The largest absolute Gasteiger partial charge is 0.310 e. The highest BCUT2D eigenvalue weighted by Crippen LogP contribution is 2.33. The predicted molar refractivity (Wildman–Crippen MR) is 86.3 cm³/mol. The number of rotatable bonds is 5. The van der Waals surface area contributed by atoms with Crippen molar-refractivity contribution in [3.63, 3.8) is 0 Å². The van der Waals surface area contributed by atoms with Crippen LogP contribution in [0.3, 0.4) is 0 Å². The van der Waals surface area contributed by atoms with Gasteiger partial charge < -0.3 is 5.32 Å². The lowest BCUT2D eigenvalue weighted by Gasteiger charge is -2.12. The number of hydrogen-bond donors (Lipinski definition) is 1. The molecule has 0 atom stereocenters. The van der Waals surface area contributed by atoms with Crippen LogP contribution in [0.1, 0.15) is 29.5 Å². The van der Waals surface area contributed by atoms with Gasteiger partial charge in [0.25, 0.3) is 0 Å². The topological polar surface area (TPSA) is 12.0 Å². The van der Waals surface area contributed by atoms with E-state index in [-0.39, 0.29) is 0 Å². The Labute approximate surface area is 125 Å². The molecular formula is C18H21NS. The van der Waals surface area contributed by atoms with Gasteiger partial charge >= 0.3 is 0 Å². The molecule has 0 radical (unpaired) electrons. The summed E-state index contributed by atoms with van der Waals surface area (Å²) in [7, 11) is 0. The van der Waals surface area contributed by atoms with E-state index in [1.54, 1.807) is 0 Å². The van der Waals surface area contributed by atoms with E-state index in [4.69, 9.17) is 0 Å². The minimum atomic E-state index is 0.758. The average molecular weight is 283 g/mol. The van der Waals surface area contributed by atoms with E-state index in [0.29, 0.717) is 0 Å². The smallest absolute Gasteiger partial charge is 0.0219 e. The first kappa shape index (κ1) is 13.7. The summed E-state index contributed by atoms with van der Waals surface area (Å²) < 4.78 is 0. The third-order valence-electron chi connectivity index (χ3n) is 3.69. The molecule has 0 spiro atoms. The van der Waals surface area contributed by atoms with Crippen molar-refractivity contribution >= 4 is 11.8 Å². The van der Waals surface area contributed by atoms with Gasteiger partial charge in [-0.15, -0.1) is 0 Å². The SMILES string of the molecule is Cc1ccc(C)c(Sc2ccccc2CNC2CC2)c1. The summed E-state index contributed by atoms with van der Waals surface area (Å²) in [5.74, 6) is 0.